The Labute approximate surface area is 102 Å². The van der Waals surface area contributed by atoms with E-state index in [0.717, 1.165) is 6.07 Å². The van der Waals surface area contributed by atoms with Crippen LogP contribution in [0.15, 0.2) is 36.7 Å². The molecule has 2 aromatic rings. The summed E-state index contributed by atoms with van der Waals surface area (Å²) in [5, 5.41) is 3.91. The highest BCUT2D eigenvalue weighted by molar-refractivity contribution is 5.37. The summed E-state index contributed by atoms with van der Waals surface area (Å²) in [6.45, 7) is 0. The molecule has 0 amide bonds. The van der Waals surface area contributed by atoms with Crippen LogP contribution in [0.1, 0.15) is 22.7 Å². The molecule has 0 aliphatic rings. The normalized spacial score (nSPS) is 13.6. The van der Waals surface area contributed by atoms with Gasteiger partial charge < -0.3 is 5.73 Å². The fourth-order valence-electron chi connectivity index (χ4n) is 1.81. The van der Waals surface area contributed by atoms with Gasteiger partial charge in [0.25, 0.3) is 0 Å². The predicted molar refractivity (Wildman–Crippen MR) is 60.7 cm³/mol. The van der Waals surface area contributed by atoms with Gasteiger partial charge in [0.2, 0.25) is 0 Å². The van der Waals surface area contributed by atoms with E-state index in [1.165, 1.54) is 23.0 Å². The Kier molecular flexibility index (Phi) is 3.13. The van der Waals surface area contributed by atoms with E-state index in [9.17, 15) is 13.2 Å². The minimum absolute atomic E-state index is 0.0537. The van der Waals surface area contributed by atoms with Crippen molar-refractivity contribution in [3.63, 3.8) is 0 Å². The fourth-order valence-corrected chi connectivity index (χ4v) is 1.81. The first kappa shape index (κ1) is 12.6. The summed E-state index contributed by atoms with van der Waals surface area (Å²) in [4.78, 5) is 0. The standard InChI is InChI=1S/C12H12F3N3/c1-18-7-8(6-17-18)11(16)9-4-2-3-5-10(9)12(13,14)15/h2-7,11H,16H2,1H3. The van der Waals surface area contributed by atoms with Crippen LogP contribution in [0, 0.1) is 0 Å². The van der Waals surface area contributed by atoms with Gasteiger partial charge in [-0.2, -0.15) is 18.3 Å². The van der Waals surface area contributed by atoms with Gasteiger partial charge in [-0.15, -0.1) is 0 Å². The molecule has 1 aromatic carbocycles. The number of aryl methyl sites for hydroxylation is 1. The quantitative estimate of drug-likeness (QED) is 0.896. The van der Waals surface area contributed by atoms with Crippen LogP contribution in [0.5, 0.6) is 0 Å². The first-order valence-corrected chi connectivity index (χ1v) is 5.30. The van der Waals surface area contributed by atoms with E-state index in [0.29, 0.717) is 5.56 Å². The third-order valence-corrected chi connectivity index (χ3v) is 2.69. The molecule has 2 N–H and O–H groups in total. The Morgan fingerprint density at radius 3 is 2.50 bits per heavy atom. The highest BCUT2D eigenvalue weighted by Gasteiger charge is 2.34. The summed E-state index contributed by atoms with van der Waals surface area (Å²) in [5.41, 5.74) is 5.77. The lowest BCUT2D eigenvalue weighted by atomic mass is 9.97. The summed E-state index contributed by atoms with van der Waals surface area (Å²) in [6.07, 6.45) is -1.33. The molecule has 0 aliphatic carbocycles. The number of benzene rings is 1. The average molecular weight is 255 g/mol. The SMILES string of the molecule is Cn1cc(C(N)c2ccccc2C(F)(F)F)cn1. The van der Waals surface area contributed by atoms with Gasteiger partial charge >= 0.3 is 6.18 Å². The molecule has 0 saturated heterocycles. The zero-order valence-electron chi connectivity index (χ0n) is 9.65. The third kappa shape index (κ3) is 2.38. The lowest BCUT2D eigenvalue weighted by Crippen LogP contribution is -2.18. The second kappa shape index (κ2) is 4.45. The maximum absolute atomic E-state index is 12.9. The molecular formula is C12H12F3N3. The van der Waals surface area contributed by atoms with Crippen LogP contribution in [-0.4, -0.2) is 9.78 Å². The Morgan fingerprint density at radius 2 is 1.94 bits per heavy atom. The molecule has 96 valence electrons. The number of nitrogens with two attached hydrogens (primary N) is 1. The molecule has 1 atom stereocenters. The van der Waals surface area contributed by atoms with Crippen LogP contribution in [0.3, 0.4) is 0 Å². The zero-order chi connectivity index (χ0) is 13.3. The summed E-state index contributed by atoms with van der Waals surface area (Å²) in [6, 6.07) is 4.48. The molecule has 0 fully saturated rings. The molecule has 6 heteroatoms. The van der Waals surface area contributed by atoms with Crippen LogP contribution in [0.2, 0.25) is 0 Å². The van der Waals surface area contributed by atoms with Gasteiger partial charge in [0.05, 0.1) is 17.8 Å². The number of halogens is 3. The number of aromatic nitrogens is 2. The number of alkyl halides is 3. The Morgan fingerprint density at radius 1 is 1.28 bits per heavy atom. The second-order valence-corrected chi connectivity index (χ2v) is 4.01. The van der Waals surface area contributed by atoms with Crippen LogP contribution < -0.4 is 5.73 Å². The van der Waals surface area contributed by atoms with E-state index in [1.54, 1.807) is 19.3 Å². The van der Waals surface area contributed by atoms with Gasteiger partial charge in [0, 0.05) is 18.8 Å². The molecule has 0 bridgehead atoms. The Hall–Kier alpha value is -1.82. The van der Waals surface area contributed by atoms with Gasteiger partial charge in [0.15, 0.2) is 0 Å². The largest absolute Gasteiger partial charge is 0.416 e. The number of hydrogen-bond acceptors (Lipinski definition) is 2. The Balaban J connectivity index is 2.45. The first-order valence-electron chi connectivity index (χ1n) is 5.30. The van der Waals surface area contributed by atoms with E-state index >= 15 is 0 Å². The van der Waals surface area contributed by atoms with E-state index in [-0.39, 0.29) is 5.56 Å². The summed E-state index contributed by atoms with van der Waals surface area (Å²) < 4.78 is 40.1. The second-order valence-electron chi connectivity index (χ2n) is 4.01. The molecule has 3 nitrogen and oxygen atoms in total. The maximum Gasteiger partial charge on any atom is 0.416 e. The maximum atomic E-state index is 12.9. The molecule has 0 spiro atoms. The molecule has 18 heavy (non-hydrogen) atoms. The molecule has 0 aliphatic heterocycles. The lowest BCUT2D eigenvalue weighted by molar-refractivity contribution is -0.138. The molecule has 2 rings (SSSR count). The minimum atomic E-state index is -4.41. The van der Waals surface area contributed by atoms with Crippen molar-refractivity contribution in [2.75, 3.05) is 0 Å². The average Bonchev–Trinajstić information content (AvgIpc) is 2.74. The highest BCUT2D eigenvalue weighted by Crippen LogP contribution is 2.35. The van der Waals surface area contributed by atoms with Crippen LogP contribution in [0.4, 0.5) is 13.2 Å². The zero-order valence-corrected chi connectivity index (χ0v) is 9.65. The van der Waals surface area contributed by atoms with Crippen molar-refractivity contribution in [2.24, 2.45) is 12.8 Å². The number of hydrogen-bond donors (Lipinski definition) is 1. The number of nitrogens with zero attached hydrogens (tertiary/aromatic N) is 2. The summed E-state index contributed by atoms with van der Waals surface area (Å²) >= 11 is 0. The van der Waals surface area contributed by atoms with Crippen molar-refractivity contribution >= 4 is 0 Å². The van der Waals surface area contributed by atoms with Crippen molar-refractivity contribution in [1.82, 2.24) is 9.78 Å². The summed E-state index contributed by atoms with van der Waals surface area (Å²) in [5.74, 6) is 0. The van der Waals surface area contributed by atoms with Crippen molar-refractivity contribution in [2.45, 2.75) is 12.2 Å². The van der Waals surface area contributed by atoms with Gasteiger partial charge in [-0.05, 0) is 11.6 Å². The molecular weight excluding hydrogens is 243 g/mol. The van der Waals surface area contributed by atoms with Crippen LogP contribution in [-0.2, 0) is 13.2 Å². The van der Waals surface area contributed by atoms with Gasteiger partial charge in [-0.25, -0.2) is 0 Å². The molecule has 0 saturated carbocycles. The van der Waals surface area contributed by atoms with E-state index in [2.05, 4.69) is 5.10 Å². The van der Waals surface area contributed by atoms with E-state index in [4.69, 9.17) is 5.73 Å². The smallest absolute Gasteiger partial charge is 0.320 e. The minimum Gasteiger partial charge on any atom is -0.320 e. The van der Waals surface area contributed by atoms with Crippen molar-refractivity contribution in [1.29, 1.82) is 0 Å². The van der Waals surface area contributed by atoms with Crippen LogP contribution in [0.25, 0.3) is 0 Å². The summed E-state index contributed by atoms with van der Waals surface area (Å²) in [7, 11) is 1.69. The molecule has 0 radical (unpaired) electrons. The van der Waals surface area contributed by atoms with Gasteiger partial charge in [-0.3, -0.25) is 4.68 Å². The van der Waals surface area contributed by atoms with Gasteiger partial charge in [-0.1, -0.05) is 18.2 Å². The molecule has 1 aromatic heterocycles. The fraction of sp³-hybridized carbons (Fsp3) is 0.250. The Bertz CT molecular complexity index is 545. The van der Waals surface area contributed by atoms with Crippen molar-refractivity contribution in [3.8, 4) is 0 Å². The monoisotopic (exact) mass is 255 g/mol. The van der Waals surface area contributed by atoms with E-state index in [1.807, 2.05) is 0 Å². The third-order valence-electron chi connectivity index (χ3n) is 2.69. The lowest BCUT2D eigenvalue weighted by Gasteiger charge is -2.17. The number of rotatable bonds is 2. The first-order chi connectivity index (χ1) is 8.39. The molecule has 1 unspecified atom stereocenters. The predicted octanol–water partition coefficient (Wildman–Crippen LogP) is 2.49. The van der Waals surface area contributed by atoms with Crippen molar-refractivity contribution in [3.05, 3.63) is 53.3 Å². The van der Waals surface area contributed by atoms with Gasteiger partial charge in [0.1, 0.15) is 0 Å². The topological polar surface area (TPSA) is 43.8 Å². The van der Waals surface area contributed by atoms with E-state index < -0.39 is 17.8 Å². The molecule has 1 heterocycles. The van der Waals surface area contributed by atoms with Crippen LogP contribution >= 0.6 is 0 Å². The highest BCUT2D eigenvalue weighted by atomic mass is 19.4. The van der Waals surface area contributed by atoms with Crippen molar-refractivity contribution < 1.29 is 13.2 Å².